The van der Waals surface area contributed by atoms with Crippen molar-refractivity contribution < 1.29 is 4.79 Å². The van der Waals surface area contributed by atoms with Gasteiger partial charge in [-0.2, -0.15) is 5.10 Å². The molecule has 0 aromatic carbocycles. The summed E-state index contributed by atoms with van der Waals surface area (Å²) in [6.07, 6.45) is 0. The Morgan fingerprint density at radius 1 is 1.47 bits per heavy atom. The number of nitrogens with zero attached hydrogens (tertiary/aromatic N) is 3. The lowest BCUT2D eigenvalue weighted by Crippen LogP contribution is -2.53. The second-order valence-corrected chi connectivity index (χ2v) is 4.73. The highest BCUT2D eigenvalue weighted by atomic mass is 35.5. The maximum absolute atomic E-state index is 12.2. The van der Waals surface area contributed by atoms with E-state index in [-0.39, 0.29) is 36.8 Å². The lowest BCUT2D eigenvalue weighted by atomic mass is 10.2. The predicted molar refractivity (Wildman–Crippen MR) is 80.2 cm³/mol. The van der Waals surface area contributed by atoms with Gasteiger partial charge in [-0.25, -0.2) is 0 Å². The number of nitrogens with one attached hydrogen (secondary N) is 1. The fourth-order valence-electron chi connectivity index (χ4n) is 2.27. The molecule has 1 aliphatic heterocycles. The molecule has 1 fully saturated rings. The van der Waals surface area contributed by atoms with Gasteiger partial charge in [0, 0.05) is 31.4 Å². The number of aromatic nitrogens is 2. The Morgan fingerprint density at radius 3 is 2.68 bits per heavy atom. The molecule has 1 atom stereocenters. The van der Waals surface area contributed by atoms with Crippen LogP contribution in [0, 0.1) is 13.8 Å². The highest BCUT2D eigenvalue weighted by Gasteiger charge is 2.23. The smallest absolute Gasteiger partial charge is 0.244 e. The number of rotatable bonds is 2. The van der Waals surface area contributed by atoms with Gasteiger partial charge < -0.3 is 10.2 Å². The highest BCUT2D eigenvalue weighted by molar-refractivity contribution is 5.85. The second-order valence-electron chi connectivity index (χ2n) is 4.73. The van der Waals surface area contributed by atoms with Crippen molar-refractivity contribution in [3.05, 3.63) is 17.5 Å². The molecular formula is C12H22Cl2N4O. The van der Waals surface area contributed by atoms with Gasteiger partial charge in [0.2, 0.25) is 5.91 Å². The van der Waals surface area contributed by atoms with Crippen LogP contribution in [0.5, 0.6) is 0 Å². The third kappa shape index (κ3) is 4.37. The number of aryl methyl sites for hydroxylation is 2. The summed E-state index contributed by atoms with van der Waals surface area (Å²) >= 11 is 0. The van der Waals surface area contributed by atoms with Gasteiger partial charge in [-0.1, -0.05) is 0 Å². The molecule has 0 aliphatic carbocycles. The molecular weight excluding hydrogens is 287 g/mol. The van der Waals surface area contributed by atoms with E-state index in [4.69, 9.17) is 0 Å². The van der Waals surface area contributed by atoms with E-state index < -0.39 is 0 Å². The van der Waals surface area contributed by atoms with Crippen LogP contribution in [-0.2, 0) is 11.3 Å². The molecule has 2 heterocycles. The molecule has 2 rings (SSSR count). The lowest BCUT2D eigenvalue weighted by molar-refractivity contribution is -0.134. The van der Waals surface area contributed by atoms with Crippen LogP contribution in [-0.4, -0.2) is 46.3 Å². The molecule has 1 amide bonds. The first kappa shape index (κ1) is 18.2. The molecule has 1 N–H and O–H groups in total. The van der Waals surface area contributed by atoms with Crippen molar-refractivity contribution in [1.82, 2.24) is 20.0 Å². The molecule has 1 aromatic rings. The van der Waals surface area contributed by atoms with Crippen molar-refractivity contribution >= 4 is 30.7 Å². The number of piperazine rings is 1. The van der Waals surface area contributed by atoms with Crippen LogP contribution in [0.1, 0.15) is 18.3 Å². The number of carbonyl (C=O) groups is 1. The molecule has 0 radical (unpaired) electrons. The van der Waals surface area contributed by atoms with Gasteiger partial charge in [0.15, 0.2) is 0 Å². The molecule has 7 heteroatoms. The number of hydrogen-bond donors (Lipinski definition) is 1. The average Bonchev–Trinajstić information content (AvgIpc) is 2.58. The van der Waals surface area contributed by atoms with Crippen molar-refractivity contribution in [2.24, 2.45) is 0 Å². The first-order chi connectivity index (χ1) is 8.08. The zero-order valence-corrected chi connectivity index (χ0v) is 13.2. The van der Waals surface area contributed by atoms with Gasteiger partial charge in [-0.3, -0.25) is 9.48 Å². The maximum Gasteiger partial charge on any atom is 0.244 e. The zero-order valence-electron chi connectivity index (χ0n) is 11.5. The minimum absolute atomic E-state index is 0. The highest BCUT2D eigenvalue weighted by Crippen LogP contribution is 2.06. The minimum atomic E-state index is 0. The summed E-state index contributed by atoms with van der Waals surface area (Å²) in [5.74, 6) is 0.158. The Hall–Kier alpha value is -0.780. The van der Waals surface area contributed by atoms with E-state index in [1.807, 2.05) is 24.8 Å². The van der Waals surface area contributed by atoms with Crippen molar-refractivity contribution in [3.8, 4) is 0 Å². The molecule has 0 unspecified atom stereocenters. The molecule has 19 heavy (non-hydrogen) atoms. The molecule has 1 aliphatic rings. The minimum Gasteiger partial charge on any atom is -0.336 e. The van der Waals surface area contributed by atoms with Crippen LogP contribution >= 0.6 is 24.8 Å². The summed E-state index contributed by atoms with van der Waals surface area (Å²) in [6, 6.07) is 2.27. The van der Waals surface area contributed by atoms with Crippen molar-refractivity contribution in [2.75, 3.05) is 19.6 Å². The largest absolute Gasteiger partial charge is 0.336 e. The number of amides is 1. The third-order valence-corrected chi connectivity index (χ3v) is 3.21. The van der Waals surface area contributed by atoms with E-state index in [2.05, 4.69) is 17.3 Å². The summed E-state index contributed by atoms with van der Waals surface area (Å²) < 4.78 is 1.78. The van der Waals surface area contributed by atoms with E-state index in [0.29, 0.717) is 6.54 Å². The van der Waals surface area contributed by atoms with Gasteiger partial charge in [0.05, 0.1) is 5.69 Å². The zero-order chi connectivity index (χ0) is 12.4. The first-order valence-electron chi connectivity index (χ1n) is 6.09. The van der Waals surface area contributed by atoms with Gasteiger partial charge in [0.1, 0.15) is 6.54 Å². The predicted octanol–water partition coefficient (Wildman–Crippen LogP) is 1.16. The summed E-state index contributed by atoms with van der Waals surface area (Å²) in [4.78, 5) is 14.1. The Labute approximate surface area is 126 Å². The Kier molecular flexibility index (Phi) is 7.41. The first-order valence-corrected chi connectivity index (χ1v) is 6.09. The van der Waals surface area contributed by atoms with Gasteiger partial charge in [-0.15, -0.1) is 24.8 Å². The van der Waals surface area contributed by atoms with Crippen LogP contribution in [0.15, 0.2) is 6.07 Å². The average molecular weight is 309 g/mol. The molecule has 0 spiro atoms. The van der Waals surface area contributed by atoms with E-state index >= 15 is 0 Å². The standard InChI is InChI=1S/C12H20N4O.2ClH/c1-9-6-10(2)16(14-9)8-12(17)15-5-4-13-7-11(15)3;;/h6,11,13H,4-5,7-8H2,1-3H3;2*1H/t11-;;/m0../s1. The van der Waals surface area contributed by atoms with E-state index in [1.54, 1.807) is 4.68 Å². The monoisotopic (exact) mass is 308 g/mol. The number of carbonyl (C=O) groups excluding carboxylic acids is 1. The maximum atomic E-state index is 12.2. The lowest BCUT2D eigenvalue weighted by Gasteiger charge is -2.34. The topological polar surface area (TPSA) is 50.2 Å². The van der Waals surface area contributed by atoms with Gasteiger partial charge in [0.25, 0.3) is 0 Å². The Bertz CT molecular complexity index is 422. The van der Waals surface area contributed by atoms with Crippen molar-refractivity contribution in [1.29, 1.82) is 0 Å². The van der Waals surface area contributed by atoms with Gasteiger partial charge in [-0.05, 0) is 26.8 Å². The van der Waals surface area contributed by atoms with Crippen molar-refractivity contribution in [2.45, 2.75) is 33.4 Å². The molecule has 1 saturated heterocycles. The van der Waals surface area contributed by atoms with E-state index in [9.17, 15) is 4.79 Å². The molecule has 0 bridgehead atoms. The normalized spacial score (nSPS) is 18.5. The van der Waals surface area contributed by atoms with Crippen LogP contribution in [0.2, 0.25) is 0 Å². The van der Waals surface area contributed by atoms with Crippen LogP contribution < -0.4 is 5.32 Å². The van der Waals surface area contributed by atoms with Crippen LogP contribution in [0.4, 0.5) is 0 Å². The molecule has 110 valence electrons. The van der Waals surface area contributed by atoms with Crippen molar-refractivity contribution in [3.63, 3.8) is 0 Å². The molecule has 0 saturated carbocycles. The second kappa shape index (κ2) is 7.72. The van der Waals surface area contributed by atoms with Crippen LogP contribution in [0.3, 0.4) is 0 Å². The summed E-state index contributed by atoms with van der Waals surface area (Å²) in [6.45, 7) is 8.90. The quantitative estimate of drug-likeness (QED) is 0.892. The number of hydrogen-bond acceptors (Lipinski definition) is 3. The fourth-order valence-corrected chi connectivity index (χ4v) is 2.27. The Morgan fingerprint density at radius 2 is 2.16 bits per heavy atom. The summed E-state index contributed by atoms with van der Waals surface area (Å²) in [7, 11) is 0. The molecule has 5 nitrogen and oxygen atoms in total. The van der Waals surface area contributed by atoms with Crippen LogP contribution in [0.25, 0.3) is 0 Å². The fraction of sp³-hybridized carbons (Fsp3) is 0.667. The molecule has 1 aromatic heterocycles. The summed E-state index contributed by atoms with van der Waals surface area (Å²) in [5, 5.41) is 7.61. The summed E-state index contributed by atoms with van der Waals surface area (Å²) in [5.41, 5.74) is 2.00. The third-order valence-electron chi connectivity index (χ3n) is 3.21. The van der Waals surface area contributed by atoms with E-state index in [0.717, 1.165) is 31.0 Å². The van der Waals surface area contributed by atoms with Gasteiger partial charge >= 0.3 is 0 Å². The Balaban J connectivity index is 0.00000162. The SMILES string of the molecule is Cc1cc(C)n(CC(=O)N2CCNC[C@@H]2C)n1.Cl.Cl. The number of halogens is 2. The van der Waals surface area contributed by atoms with E-state index in [1.165, 1.54) is 0 Å².